The smallest absolute Gasteiger partial charge is 0.263 e. The van der Waals surface area contributed by atoms with Crippen molar-refractivity contribution in [2.75, 3.05) is 13.2 Å². The van der Waals surface area contributed by atoms with E-state index in [1.807, 2.05) is 0 Å². The third-order valence-electron chi connectivity index (χ3n) is 3.14. The van der Waals surface area contributed by atoms with E-state index in [-0.39, 0.29) is 0 Å². The minimum Gasteiger partial charge on any atom is -0.456 e. The lowest BCUT2D eigenvalue weighted by Crippen LogP contribution is -2.45. The molecule has 1 heterocycles. The molecule has 24 heavy (non-hydrogen) atoms. The molecule has 0 amide bonds. The Kier molecular flexibility index (Phi) is 5.98. The van der Waals surface area contributed by atoms with Gasteiger partial charge in [0.2, 0.25) is 0 Å². The van der Waals surface area contributed by atoms with Crippen molar-refractivity contribution in [1.29, 1.82) is 0 Å². The highest BCUT2D eigenvalue weighted by atomic mass is 35.5. The van der Waals surface area contributed by atoms with E-state index in [1.54, 1.807) is 36.4 Å². The van der Waals surface area contributed by atoms with Crippen molar-refractivity contribution in [3.05, 3.63) is 56.5 Å². The van der Waals surface area contributed by atoms with Crippen LogP contribution in [-0.4, -0.2) is 25.8 Å². The van der Waals surface area contributed by atoms with Crippen LogP contribution >= 0.6 is 46.4 Å². The van der Waals surface area contributed by atoms with Crippen LogP contribution < -0.4 is 9.47 Å². The molecule has 0 N–H and O–H groups in total. The first-order valence-corrected chi connectivity index (χ1v) is 8.51. The molecule has 3 rings (SSSR count). The first-order valence-electron chi connectivity index (χ1n) is 6.99. The number of halogens is 4. The summed E-state index contributed by atoms with van der Waals surface area (Å²) in [6, 6.07) is 9.78. The molecule has 0 saturated carbocycles. The van der Waals surface area contributed by atoms with Gasteiger partial charge in [-0.1, -0.05) is 46.4 Å². The van der Waals surface area contributed by atoms with Gasteiger partial charge in [-0.15, -0.1) is 0 Å². The fourth-order valence-electron chi connectivity index (χ4n) is 2.06. The molecule has 1 saturated heterocycles. The zero-order valence-corrected chi connectivity index (χ0v) is 15.2. The molecule has 1 aliphatic rings. The Morgan fingerprint density at radius 1 is 0.708 bits per heavy atom. The zero-order valence-electron chi connectivity index (χ0n) is 12.2. The predicted molar refractivity (Wildman–Crippen MR) is 93.7 cm³/mol. The van der Waals surface area contributed by atoms with Crippen molar-refractivity contribution in [3.63, 3.8) is 0 Å². The highest BCUT2D eigenvalue weighted by molar-refractivity contribution is 6.36. The second-order valence-electron chi connectivity index (χ2n) is 4.86. The summed E-state index contributed by atoms with van der Waals surface area (Å²) in [6.07, 6.45) is -1.63. The second kappa shape index (κ2) is 8.00. The highest BCUT2D eigenvalue weighted by Gasteiger charge is 2.32. The van der Waals surface area contributed by atoms with Crippen molar-refractivity contribution >= 4 is 46.4 Å². The predicted octanol–water partition coefficient (Wildman–Crippen LogP) is 5.46. The van der Waals surface area contributed by atoms with Crippen LogP contribution in [0.4, 0.5) is 0 Å². The maximum atomic E-state index is 6.12. The largest absolute Gasteiger partial charge is 0.456 e. The van der Waals surface area contributed by atoms with Crippen LogP contribution in [0.15, 0.2) is 36.4 Å². The van der Waals surface area contributed by atoms with Crippen molar-refractivity contribution in [3.8, 4) is 11.5 Å². The summed E-state index contributed by atoms with van der Waals surface area (Å²) in [7, 11) is 0. The van der Waals surface area contributed by atoms with Gasteiger partial charge in [-0.05, 0) is 36.4 Å². The Labute approximate surface area is 159 Å². The standard InChI is InChI=1S/C16H12Cl4O4/c17-9-1-3-13(11(19)7-9)23-15-16(22-6-5-21-15)24-14-4-2-10(18)8-12(14)20/h1-4,7-8,15-16H,5-6H2. The van der Waals surface area contributed by atoms with Crippen LogP contribution in [0.3, 0.4) is 0 Å². The van der Waals surface area contributed by atoms with Crippen molar-refractivity contribution in [1.82, 2.24) is 0 Å². The van der Waals surface area contributed by atoms with Gasteiger partial charge in [0.15, 0.2) is 0 Å². The molecule has 128 valence electrons. The lowest BCUT2D eigenvalue weighted by molar-refractivity contribution is -0.270. The van der Waals surface area contributed by atoms with E-state index in [4.69, 9.17) is 65.4 Å². The van der Waals surface area contributed by atoms with Crippen molar-refractivity contribution in [2.45, 2.75) is 12.6 Å². The van der Waals surface area contributed by atoms with Gasteiger partial charge >= 0.3 is 0 Å². The van der Waals surface area contributed by atoms with Gasteiger partial charge in [0.05, 0.1) is 23.3 Å². The Morgan fingerprint density at radius 3 is 1.50 bits per heavy atom. The average molecular weight is 410 g/mol. The van der Waals surface area contributed by atoms with E-state index in [0.717, 1.165) is 0 Å². The van der Waals surface area contributed by atoms with Gasteiger partial charge in [-0.3, -0.25) is 0 Å². The fraction of sp³-hybridized carbons (Fsp3) is 0.250. The lowest BCUT2D eigenvalue weighted by atomic mass is 10.3. The summed E-state index contributed by atoms with van der Waals surface area (Å²) < 4.78 is 22.7. The summed E-state index contributed by atoms with van der Waals surface area (Å²) in [4.78, 5) is 0. The van der Waals surface area contributed by atoms with E-state index >= 15 is 0 Å². The van der Waals surface area contributed by atoms with E-state index < -0.39 is 12.6 Å². The monoisotopic (exact) mass is 408 g/mol. The molecule has 1 fully saturated rings. The minimum absolute atomic E-state index is 0.361. The minimum atomic E-state index is -0.816. The molecule has 8 heteroatoms. The molecule has 0 aliphatic carbocycles. The van der Waals surface area contributed by atoms with Crippen LogP contribution in [0.5, 0.6) is 11.5 Å². The number of hydrogen-bond donors (Lipinski definition) is 0. The van der Waals surface area contributed by atoms with Gasteiger partial charge < -0.3 is 18.9 Å². The maximum absolute atomic E-state index is 6.12. The number of rotatable bonds is 4. The molecular formula is C16H12Cl4O4. The van der Waals surface area contributed by atoms with Gasteiger partial charge in [0, 0.05) is 10.0 Å². The molecule has 2 aromatic rings. The number of benzene rings is 2. The highest BCUT2D eigenvalue weighted by Crippen LogP contribution is 2.32. The normalized spacial score (nSPS) is 20.7. The Hall–Kier alpha value is -0.880. The zero-order chi connectivity index (χ0) is 17.1. The summed E-state index contributed by atoms with van der Waals surface area (Å²) in [5, 5.41) is 1.74. The quantitative estimate of drug-likeness (QED) is 0.672. The molecule has 0 radical (unpaired) electrons. The van der Waals surface area contributed by atoms with E-state index in [2.05, 4.69) is 0 Å². The molecule has 2 aromatic carbocycles. The Balaban J connectivity index is 1.75. The van der Waals surface area contributed by atoms with Crippen LogP contribution in [0.1, 0.15) is 0 Å². The molecule has 2 unspecified atom stereocenters. The molecule has 2 atom stereocenters. The van der Waals surface area contributed by atoms with Crippen LogP contribution in [0, 0.1) is 0 Å². The van der Waals surface area contributed by atoms with Gasteiger partial charge in [0.25, 0.3) is 12.6 Å². The molecule has 0 bridgehead atoms. The number of hydrogen-bond acceptors (Lipinski definition) is 4. The fourth-order valence-corrected chi connectivity index (χ4v) is 2.96. The van der Waals surface area contributed by atoms with E-state index in [9.17, 15) is 0 Å². The summed E-state index contributed by atoms with van der Waals surface area (Å²) in [6.45, 7) is 0.730. The summed E-state index contributed by atoms with van der Waals surface area (Å²) in [5.74, 6) is 0.819. The third-order valence-corrected chi connectivity index (χ3v) is 4.20. The van der Waals surface area contributed by atoms with Crippen molar-refractivity contribution < 1.29 is 18.9 Å². The van der Waals surface area contributed by atoms with Crippen LogP contribution in [0.2, 0.25) is 20.1 Å². The molecule has 0 aromatic heterocycles. The van der Waals surface area contributed by atoms with Gasteiger partial charge in [-0.2, -0.15) is 0 Å². The third kappa shape index (κ3) is 4.39. The topological polar surface area (TPSA) is 36.9 Å². The van der Waals surface area contributed by atoms with Gasteiger partial charge in [-0.25, -0.2) is 0 Å². The molecule has 4 nitrogen and oxygen atoms in total. The Bertz CT molecular complexity index is 664. The second-order valence-corrected chi connectivity index (χ2v) is 6.55. The maximum Gasteiger partial charge on any atom is 0.263 e. The van der Waals surface area contributed by atoms with Crippen LogP contribution in [0.25, 0.3) is 0 Å². The molecule has 0 spiro atoms. The summed E-state index contributed by atoms with van der Waals surface area (Å²) >= 11 is 24.0. The van der Waals surface area contributed by atoms with E-state index in [1.165, 1.54) is 0 Å². The van der Waals surface area contributed by atoms with Gasteiger partial charge in [0.1, 0.15) is 11.5 Å². The first kappa shape index (κ1) is 17.9. The van der Waals surface area contributed by atoms with E-state index in [0.29, 0.717) is 44.8 Å². The average Bonchev–Trinajstić information content (AvgIpc) is 2.54. The molecular weight excluding hydrogens is 398 g/mol. The lowest BCUT2D eigenvalue weighted by Gasteiger charge is -2.32. The first-order chi connectivity index (χ1) is 11.5. The number of ether oxygens (including phenoxy) is 4. The molecule has 1 aliphatic heterocycles. The Morgan fingerprint density at radius 2 is 1.12 bits per heavy atom. The van der Waals surface area contributed by atoms with Crippen LogP contribution in [-0.2, 0) is 9.47 Å². The summed E-state index contributed by atoms with van der Waals surface area (Å²) in [5.41, 5.74) is 0. The van der Waals surface area contributed by atoms with Crippen molar-refractivity contribution in [2.24, 2.45) is 0 Å². The SMILES string of the molecule is Clc1ccc(OC2OCCOC2Oc2ccc(Cl)cc2Cl)c(Cl)c1.